The lowest BCUT2D eigenvalue weighted by Crippen LogP contribution is -2.21. The van der Waals surface area contributed by atoms with E-state index in [0.717, 1.165) is 5.56 Å². The van der Waals surface area contributed by atoms with Crippen molar-refractivity contribution >= 4 is 22.4 Å². The molecule has 0 spiro atoms. The van der Waals surface area contributed by atoms with E-state index in [2.05, 4.69) is 10.1 Å². The monoisotopic (exact) mass is 482 g/mol. The van der Waals surface area contributed by atoms with Gasteiger partial charge in [0.15, 0.2) is 0 Å². The molecule has 1 heterocycles. The zero-order valence-corrected chi connectivity index (χ0v) is 18.8. The molecule has 6 nitrogen and oxygen atoms in total. The second-order valence-corrected chi connectivity index (χ2v) is 7.85. The van der Waals surface area contributed by atoms with Crippen LogP contribution in [0.5, 0.6) is 11.5 Å². The van der Waals surface area contributed by atoms with E-state index in [0.29, 0.717) is 33.3 Å². The van der Waals surface area contributed by atoms with E-state index in [-0.39, 0.29) is 23.8 Å². The Morgan fingerprint density at radius 2 is 1.74 bits per heavy atom. The maximum atomic E-state index is 13.1. The number of carbonyl (C=O) groups is 1. The third kappa shape index (κ3) is 5.46. The van der Waals surface area contributed by atoms with Crippen LogP contribution in [0.1, 0.15) is 21.5 Å². The van der Waals surface area contributed by atoms with E-state index in [1.165, 1.54) is 28.8 Å². The lowest BCUT2D eigenvalue weighted by molar-refractivity contribution is -0.274. The molecule has 0 saturated carbocycles. The molecule has 1 amide bonds. The minimum absolute atomic E-state index is 0.156. The van der Waals surface area contributed by atoms with Gasteiger partial charge in [-0.2, -0.15) is 0 Å². The number of anilines is 1. The van der Waals surface area contributed by atoms with Gasteiger partial charge in [-0.25, -0.2) is 0 Å². The number of hydrogen-bond donors (Lipinski definition) is 1. The van der Waals surface area contributed by atoms with Gasteiger partial charge in [0.25, 0.3) is 11.5 Å². The van der Waals surface area contributed by atoms with Gasteiger partial charge in [-0.15, -0.1) is 13.2 Å². The molecule has 0 saturated heterocycles. The number of ether oxygens (including phenoxy) is 2. The minimum Gasteiger partial charge on any atom is -0.496 e. The molecular formula is C26H21F3N2O4. The first-order chi connectivity index (χ1) is 16.6. The molecule has 4 aromatic rings. The number of alkyl halides is 3. The highest BCUT2D eigenvalue weighted by atomic mass is 19.4. The molecule has 35 heavy (non-hydrogen) atoms. The molecule has 1 N–H and O–H groups in total. The lowest BCUT2D eigenvalue weighted by Gasteiger charge is -2.13. The van der Waals surface area contributed by atoms with Crippen molar-refractivity contribution in [2.75, 3.05) is 12.4 Å². The summed E-state index contributed by atoms with van der Waals surface area (Å²) in [6, 6.07) is 17.2. The number of rotatable bonds is 6. The molecule has 9 heteroatoms. The summed E-state index contributed by atoms with van der Waals surface area (Å²) in [6.07, 6.45) is -3.19. The van der Waals surface area contributed by atoms with E-state index in [9.17, 15) is 22.8 Å². The van der Waals surface area contributed by atoms with Gasteiger partial charge in [-0.1, -0.05) is 18.2 Å². The summed E-state index contributed by atoms with van der Waals surface area (Å²) in [7, 11) is 1.56. The number of pyridine rings is 1. The van der Waals surface area contributed by atoms with E-state index < -0.39 is 6.36 Å². The fourth-order valence-corrected chi connectivity index (χ4v) is 3.76. The molecule has 0 radical (unpaired) electrons. The molecule has 0 atom stereocenters. The van der Waals surface area contributed by atoms with Crippen LogP contribution in [0.3, 0.4) is 0 Å². The van der Waals surface area contributed by atoms with Crippen LogP contribution in [-0.4, -0.2) is 23.9 Å². The Labute approximate surface area is 198 Å². The molecule has 3 aromatic carbocycles. The largest absolute Gasteiger partial charge is 0.573 e. The smallest absolute Gasteiger partial charge is 0.496 e. The van der Waals surface area contributed by atoms with Crippen LogP contribution in [0.15, 0.2) is 77.7 Å². The number of hydrogen-bond acceptors (Lipinski definition) is 4. The summed E-state index contributed by atoms with van der Waals surface area (Å²) in [5, 5.41) is 3.82. The SMILES string of the molecule is COc1ccc(C(=O)Nc2cccc3c(=O)n(Cc4ccc(OC(F)(F)F)cc4)ccc23)cc1C. The van der Waals surface area contributed by atoms with Crippen molar-refractivity contribution < 1.29 is 27.4 Å². The van der Waals surface area contributed by atoms with Crippen LogP contribution in [0.2, 0.25) is 0 Å². The second-order valence-electron chi connectivity index (χ2n) is 7.85. The highest BCUT2D eigenvalue weighted by molar-refractivity contribution is 6.09. The number of halogens is 3. The number of carbonyl (C=O) groups excluding carboxylic acids is 1. The Morgan fingerprint density at radius 1 is 1.00 bits per heavy atom. The van der Waals surface area contributed by atoms with Crippen LogP contribution in [-0.2, 0) is 6.54 Å². The average Bonchev–Trinajstić information content (AvgIpc) is 2.81. The molecule has 1 aromatic heterocycles. The molecular weight excluding hydrogens is 461 g/mol. The zero-order valence-electron chi connectivity index (χ0n) is 18.8. The molecule has 0 fully saturated rings. The van der Waals surface area contributed by atoms with Crippen LogP contribution < -0.4 is 20.3 Å². The summed E-state index contributed by atoms with van der Waals surface area (Å²) in [5.41, 5.74) is 2.08. The summed E-state index contributed by atoms with van der Waals surface area (Å²) in [4.78, 5) is 25.9. The van der Waals surface area contributed by atoms with Gasteiger partial charge < -0.3 is 19.4 Å². The number of nitrogens with one attached hydrogen (secondary N) is 1. The summed E-state index contributed by atoms with van der Waals surface area (Å²) in [6.45, 7) is 2.00. The van der Waals surface area contributed by atoms with Crippen molar-refractivity contribution in [1.29, 1.82) is 0 Å². The second kappa shape index (κ2) is 9.54. The summed E-state index contributed by atoms with van der Waals surface area (Å²) >= 11 is 0. The fraction of sp³-hybridized carbons (Fsp3) is 0.154. The minimum atomic E-state index is -4.77. The third-order valence-electron chi connectivity index (χ3n) is 5.43. The molecule has 0 aliphatic rings. The van der Waals surface area contributed by atoms with Crippen molar-refractivity contribution in [3.8, 4) is 11.5 Å². The normalized spacial score (nSPS) is 11.3. The van der Waals surface area contributed by atoms with Crippen LogP contribution in [0.4, 0.5) is 18.9 Å². The Bertz CT molecular complexity index is 1440. The quantitative estimate of drug-likeness (QED) is 0.393. The molecule has 0 aliphatic heterocycles. The third-order valence-corrected chi connectivity index (χ3v) is 5.43. The average molecular weight is 482 g/mol. The first kappa shape index (κ1) is 23.9. The lowest BCUT2D eigenvalue weighted by atomic mass is 10.1. The zero-order chi connectivity index (χ0) is 25.2. The number of methoxy groups -OCH3 is 1. The van der Waals surface area contributed by atoms with Gasteiger partial charge in [0.1, 0.15) is 11.5 Å². The first-order valence-corrected chi connectivity index (χ1v) is 10.6. The van der Waals surface area contributed by atoms with Gasteiger partial charge >= 0.3 is 6.36 Å². The number of aryl methyl sites for hydroxylation is 1. The molecule has 4 rings (SSSR count). The van der Waals surface area contributed by atoms with E-state index in [1.807, 2.05) is 6.92 Å². The Morgan fingerprint density at radius 3 is 2.40 bits per heavy atom. The van der Waals surface area contributed by atoms with Crippen molar-refractivity contribution in [1.82, 2.24) is 4.57 Å². The van der Waals surface area contributed by atoms with Gasteiger partial charge in [0.05, 0.1) is 13.7 Å². The van der Waals surface area contributed by atoms with E-state index in [4.69, 9.17) is 4.74 Å². The van der Waals surface area contributed by atoms with Gasteiger partial charge in [0.2, 0.25) is 0 Å². The predicted molar refractivity (Wildman–Crippen MR) is 126 cm³/mol. The van der Waals surface area contributed by atoms with Crippen LogP contribution in [0.25, 0.3) is 10.8 Å². The summed E-state index contributed by atoms with van der Waals surface area (Å²) < 4.78 is 47.6. The van der Waals surface area contributed by atoms with Crippen LogP contribution in [0, 0.1) is 6.92 Å². The highest BCUT2D eigenvalue weighted by Crippen LogP contribution is 2.25. The number of nitrogens with zero attached hydrogens (tertiary/aromatic N) is 1. The maximum Gasteiger partial charge on any atom is 0.573 e. The highest BCUT2D eigenvalue weighted by Gasteiger charge is 2.30. The van der Waals surface area contributed by atoms with Gasteiger partial charge in [0, 0.05) is 28.2 Å². The van der Waals surface area contributed by atoms with Gasteiger partial charge in [-0.05, 0) is 66.6 Å². The topological polar surface area (TPSA) is 69.6 Å². The number of amides is 1. The van der Waals surface area contributed by atoms with Crippen molar-refractivity contribution in [2.45, 2.75) is 19.8 Å². The predicted octanol–water partition coefficient (Wildman–Crippen LogP) is 5.52. The van der Waals surface area contributed by atoms with Crippen molar-refractivity contribution in [3.05, 3.63) is 100.0 Å². The Hall–Kier alpha value is -4.27. The molecule has 0 unspecified atom stereocenters. The van der Waals surface area contributed by atoms with Crippen molar-refractivity contribution in [3.63, 3.8) is 0 Å². The standard InChI is InChI=1S/C26H21F3N2O4/c1-16-14-18(8-11-23(16)34-2)24(32)30-22-5-3-4-21-20(22)12-13-31(25(21)33)15-17-6-9-19(10-7-17)35-26(27,28)29/h3-14H,15H2,1-2H3,(H,30,32). The van der Waals surface area contributed by atoms with Crippen LogP contribution >= 0.6 is 0 Å². The number of fused-ring (bicyclic) bond motifs is 1. The number of benzene rings is 3. The Balaban J connectivity index is 1.57. The molecule has 180 valence electrons. The Kier molecular flexibility index (Phi) is 6.50. The van der Waals surface area contributed by atoms with E-state index in [1.54, 1.807) is 55.8 Å². The van der Waals surface area contributed by atoms with Crippen molar-refractivity contribution in [2.24, 2.45) is 0 Å². The number of aromatic nitrogens is 1. The van der Waals surface area contributed by atoms with E-state index >= 15 is 0 Å². The fourth-order valence-electron chi connectivity index (χ4n) is 3.76. The molecule has 0 aliphatic carbocycles. The summed E-state index contributed by atoms with van der Waals surface area (Å²) in [5.74, 6) is 0.0166. The molecule has 0 bridgehead atoms. The maximum absolute atomic E-state index is 13.1. The first-order valence-electron chi connectivity index (χ1n) is 10.6. The van der Waals surface area contributed by atoms with Gasteiger partial charge in [-0.3, -0.25) is 9.59 Å².